The normalized spacial score (nSPS) is 22.6. The molecule has 1 aromatic rings. The number of hydrogen-bond donors (Lipinski definition) is 2. The van der Waals surface area contributed by atoms with E-state index in [0.29, 0.717) is 29.8 Å². The first-order chi connectivity index (χ1) is 12.6. The Kier molecular flexibility index (Phi) is 4.75. The monoisotopic (exact) mass is 384 g/mol. The van der Waals surface area contributed by atoms with Gasteiger partial charge in [-0.15, -0.1) is 0 Å². The van der Waals surface area contributed by atoms with Gasteiger partial charge < -0.3 is 20.9 Å². The summed E-state index contributed by atoms with van der Waals surface area (Å²) in [6.45, 7) is -0.565. The predicted molar refractivity (Wildman–Crippen MR) is 89.9 cm³/mol. The second kappa shape index (κ2) is 6.75. The molecule has 3 N–H and O–H groups in total. The van der Waals surface area contributed by atoms with E-state index in [1.165, 1.54) is 0 Å². The van der Waals surface area contributed by atoms with Crippen LogP contribution in [0.3, 0.4) is 0 Å². The number of halogens is 3. The number of rotatable bonds is 2. The summed E-state index contributed by atoms with van der Waals surface area (Å²) in [5, 5.41) is 2.58. The molecule has 146 valence electrons. The molecular weight excluding hydrogens is 365 g/mol. The number of carbonyl (C=O) groups excluding carboxylic acids is 3. The largest absolute Gasteiger partial charge is 0.394 e. The molecule has 0 aliphatic carbocycles. The van der Waals surface area contributed by atoms with Crippen LogP contribution < -0.4 is 11.1 Å². The van der Waals surface area contributed by atoms with Crippen LogP contribution in [0.15, 0.2) is 18.2 Å². The van der Waals surface area contributed by atoms with Crippen molar-refractivity contribution in [3.05, 3.63) is 29.3 Å². The van der Waals surface area contributed by atoms with Gasteiger partial charge in [-0.2, -0.15) is 13.2 Å². The van der Waals surface area contributed by atoms with Gasteiger partial charge in [0.25, 0.3) is 5.91 Å². The van der Waals surface area contributed by atoms with Crippen molar-refractivity contribution in [2.24, 2.45) is 17.6 Å². The standard InChI is InChI=1S/C17H19F3N4O3/c1-23-6-5-9-10(15(23)26)3-2-4-13(9)22-16(27)24-7-11(14(21)25)12(8-24)17(18,19)20/h2-4,11-12H,5-8H2,1H3,(H2,21,25)(H,22,27)/t11-,12-/m0/s1. The van der Waals surface area contributed by atoms with E-state index in [9.17, 15) is 27.6 Å². The molecule has 0 aromatic heterocycles. The van der Waals surface area contributed by atoms with E-state index in [2.05, 4.69) is 5.32 Å². The number of nitrogens with two attached hydrogens (primary N) is 1. The topological polar surface area (TPSA) is 95.7 Å². The van der Waals surface area contributed by atoms with Gasteiger partial charge in [0.1, 0.15) is 0 Å². The number of likely N-dealkylation sites (tertiary alicyclic amines) is 1. The van der Waals surface area contributed by atoms with Gasteiger partial charge in [-0.05, 0) is 24.1 Å². The zero-order valence-corrected chi connectivity index (χ0v) is 14.5. The number of hydrogen-bond acceptors (Lipinski definition) is 3. The highest BCUT2D eigenvalue weighted by Gasteiger charge is 2.52. The lowest BCUT2D eigenvalue weighted by molar-refractivity contribution is -0.182. The lowest BCUT2D eigenvalue weighted by atomic mass is 9.95. The second-order valence-electron chi connectivity index (χ2n) is 6.80. The third kappa shape index (κ3) is 3.56. The van der Waals surface area contributed by atoms with Gasteiger partial charge in [-0.3, -0.25) is 9.59 Å². The maximum atomic E-state index is 13.1. The van der Waals surface area contributed by atoms with Crippen LogP contribution in [-0.4, -0.2) is 60.5 Å². The average Bonchev–Trinajstić information content (AvgIpc) is 3.05. The van der Waals surface area contributed by atoms with Crippen LogP contribution in [0.5, 0.6) is 0 Å². The molecule has 27 heavy (non-hydrogen) atoms. The van der Waals surface area contributed by atoms with Crippen molar-refractivity contribution in [2.45, 2.75) is 12.6 Å². The highest BCUT2D eigenvalue weighted by molar-refractivity contribution is 6.00. The van der Waals surface area contributed by atoms with Gasteiger partial charge in [0.05, 0.1) is 11.8 Å². The van der Waals surface area contributed by atoms with E-state index in [4.69, 9.17) is 5.73 Å². The first kappa shape index (κ1) is 19.0. The molecule has 0 unspecified atom stereocenters. The summed E-state index contributed by atoms with van der Waals surface area (Å²) in [4.78, 5) is 38.6. The number of nitrogens with one attached hydrogen (secondary N) is 1. The van der Waals surface area contributed by atoms with Crippen LogP contribution in [0.1, 0.15) is 15.9 Å². The van der Waals surface area contributed by atoms with E-state index in [1.807, 2.05) is 0 Å². The van der Waals surface area contributed by atoms with Gasteiger partial charge in [0, 0.05) is 37.9 Å². The molecule has 3 rings (SSSR count). The van der Waals surface area contributed by atoms with Crippen LogP contribution in [0, 0.1) is 11.8 Å². The summed E-state index contributed by atoms with van der Waals surface area (Å²) in [6, 6.07) is 4.08. The Morgan fingerprint density at radius 3 is 2.56 bits per heavy atom. The number of likely N-dealkylation sites (N-methyl/N-ethyl adjacent to an activating group) is 1. The minimum atomic E-state index is -4.63. The number of urea groups is 1. The van der Waals surface area contributed by atoms with Crippen molar-refractivity contribution in [3.8, 4) is 0 Å². The summed E-state index contributed by atoms with van der Waals surface area (Å²) in [5.74, 6) is -4.73. The molecule has 2 aliphatic rings. The smallest absolute Gasteiger partial charge is 0.369 e. The summed E-state index contributed by atoms with van der Waals surface area (Å²) < 4.78 is 39.4. The number of nitrogens with zero attached hydrogens (tertiary/aromatic N) is 2. The van der Waals surface area contributed by atoms with Gasteiger partial charge in [-0.1, -0.05) is 6.07 Å². The molecule has 1 fully saturated rings. The Hall–Kier alpha value is -2.78. The molecule has 1 aromatic carbocycles. The minimum Gasteiger partial charge on any atom is -0.369 e. The van der Waals surface area contributed by atoms with Crippen LogP contribution in [0.4, 0.5) is 23.7 Å². The number of anilines is 1. The van der Waals surface area contributed by atoms with Crippen molar-refractivity contribution in [1.29, 1.82) is 0 Å². The number of amides is 4. The fraction of sp³-hybridized carbons (Fsp3) is 0.471. The highest BCUT2D eigenvalue weighted by atomic mass is 19.4. The van der Waals surface area contributed by atoms with Crippen LogP contribution in [0.25, 0.3) is 0 Å². The maximum absolute atomic E-state index is 13.1. The van der Waals surface area contributed by atoms with Gasteiger partial charge in [-0.25, -0.2) is 4.79 Å². The quantitative estimate of drug-likeness (QED) is 0.808. The van der Waals surface area contributed by atoms with E-state index < -0.39 is 43.0 Å². The lowest BCUT2D eigenvalue weighted by Gasteiger charge is -2.27. The first-order valence-corrected chi connectivity index (χ1v) is 8.39. The van der Waals surface area contributed by atoms with E-state index in [0.717, 1.165) is 4.90 Å². The van der Waals surface area contributed by atoms with Crippen molar-refractivity contribution in [3.63, 3.8) is 0 Å². The fourth-order valence-electron chi connectivity index (χ4n) is 3.54. The van der Waals surface area contributed by atoms with Crippen molar-refractivity contribution >= 4 is 23.5 Å². The molecule has 2 atom stereocenters. The van der Waals surface area contributed by atoms with Gasteiger partial charge in [0.2, 0.25) is 5.91 Å². The Morgan fingerprint density at radius 1 is 1.26 bits per heavy atom. The van der Waals surface area contributed by atoms with E-state index >= 15 is 0 Å². The van der Waals surface area contributed by atoms with Crippen molar-refractivity contribution in [2.75, 3.05) is 32.0 Å². The number of carbonyl (C=O) groups is 3. The number of benzene rings is 1. The van der Waals surface area contributed by atoms with Gasteiger partial charge in [0.15, 0.2) is 0 Å². The molecule has 0 saturated carbocycles. The SMILES string of the molecule is CN1CCc2c(NC(=O)N3C[C@H](C(N)=O)[C@@H](C(F)(F)F)C3)cccc2C1=O. The predicted octanol–water partition coefficient (Wildman–Crippen LogP) is 1.44. The highest BCUT2D eigenvalue weighted by Crippen LogP contribution is 2.37. The van der Waals surface area contributed by atoms with Crippen LogP contribution in [-0.2, 0) is 11.2 Å². The zero-order chi connectivity index (χ0) is 19.9. The molecular formula is C17H19F3N4O3. The second-order valence-corrected chi connectivity index (χ2v) is 6.80. The molecule has 0 spiro atoms. The Labute approximate surface area is 153 Å². The number of fused-ring (bicyclic) bond motifs is 1. The maximum Gasteiger partial charge on any atom is 0.394 e. The molecule has 2 heterocycles. The Bertz CT molecular complexity index is 796. The van der Waals surface area contributed by atoms with E-state index in [-0.39, 0.29) is 5.91 Å². The molecule has 1 saturated heterocycles. The van der Waals surface area contributed by atoms with Crippen LogP contribution >= 0.6 is 0 Å². The number of alkyl halides is 3. The summed E-state index contributed by atoms with van der Waals surface area (Å²) in [7, 11) is 1.67. The summed E-state index contributed by atoms with van der Waals surface area (Å²) in [5.41, 5.74) is 6.55. The Balaban J connectivity index is 1.79. The average molecular weight is 384 g/mol. The molecule has 7 nitrogen and oxygen atoms in total. The Morgan fingerprint density at radius 2 is 1.96 bits per heavy atom. The molecule has 0 bridgehead atoms. The van der Waals surface area contributed by atoms with E-state index in [1.54, 1.807) is 30.1 Å². The van der Waals surface area contributed by atoms with Crippen molar-refractivity contribution < 1.29 is 27.6 Å². The molecule has 10 heteroatoms. The first-order valence-electron chi connectivity index (χ1n) is 8.39. The summed E-state index contributed by atoms with van der Waals surface area (Å²) >= 11 is 0. The third-order valence-corrected chi connectivity index (χ3v) is 5.08. The minimum absolute atomic E-state index is 0.181. The molecule has 2 aliphatic heterocycles. The number of primary amides is 1. The lowest BCUT2D eigenvalue weighted by Crippen LogP contribution is -2.37. The zero-order valence-electron chi connectivity index (χ0n) is 14.5. The fourth-order valence-corrected chi connectivity index (χ4v) is 3.54. The van der Waals surface area contributed by atoms with Gasteiger partial charge >= 0.3 is 12.2 Å². The molecule has 0 radical (unpaired) electrons. The van der Waals surface area contributed by atoms with Crippen LogP contribution in [0.2, 0.25) is 0 Å². The third-order valence-electron chi connectivity index (χ3n) is 5.08. The molecule has 4 amide bonds. The van der Waals surface area contributed by atoms with Crippen molar-refractivity contribution in [1.82, 2.24) is 9.80 Å². The summed E-state index contributed by atoms with van der Waals surface area (Å²) in [6.07, 6.45) is -4.11.